The van der Waals surface area contributed by atoms with Gasteiger partial charge in [0.25, 0.3) is 5.91 Å². The summed E-state index contributed by atoms with van der Waals surface area (Å²) in [5.74, 6) is -0.853. The van der Waals surface area contributed by atoms with E-state index in [0.717, 1.165) is 0 Å². The van der Waals surface area contributed by atoms with Crippen LogP contribution in [0.5, 0.6) is 5.75 Å². The normalized spacial score (nSPS) is 13.9. The Morgan fingerprint density at radius 3 is 2.44 bits per heavy atom. The first-order chi connectivity index (χ1) is 16.5. The maximum Gasteiger partial charge on any atom is 0.415 e. The summed E-state index contributed by atoms with van der Waals surface area (Å²) in [5, 5.41) is 23.5. The molecule has 12 heteroatoms. The van der Waals surface area contributed by atoms with Gasteiger partial charge in [0.1, 0.15) is 12.3 Å². The van der Waals surface area contributed by atoms with Crippen LogP contribution in [0.15, 0.2) is 59.8 Å². The van der Waals surface area contributed by atoms with Crippen molar-refractivity contribution in [2.75, 3.05) is 18.4 Å². The molecule has 0 saturated carbocycles. The van der Waals surface area contributed by atoms with Crippen LogP contribution in [0.25, 0.3) is 0 Å². The number of benzene rings is 2. The molecule has 1 aliphatic heterocycles. The number of nitrogens with one attached hydrogen (secondary N) is 1. The van der Waals surface area contributed by atoms with Crippen molar-refractivity contribution in [2.45, 2.75) is 29.8 Å². The summed E-state index contributed by atoms with van der Waals surface area (Å²) in [5.41, 5.74) is 1.15. The van der Waals surface area contributed by atoms with Gasteiger partial charge in [-0.05, 0) is 59.7 Å². The predicted octanol–water partition coefficient (Wildman–Crippen LogP) is 2.77. The van der Waals surface area contributed by atoms with Gasteiger partial charge in [-0.3, -0.25) is 9.59 Å². The zero-order chi connectivity index (χ0) is 23.9. The van der Waals surface area contributed by atoms with E-state index in [0.29, 0.717) is 48.1 Å². The number of ether oxygens (including phenoxy) is 1. The number of hydrogen-bond donors (Lipinski definition) is 2. The number of carbonyl (C=O) groups excluding carboxylic acids is 2. The van der Waals surface area contributed by atoms with E-state index < -0.39 is 12.1 Å². The highest BCUT2D eigenvalue weighted by molar-refractivity contribution is 7.99. The van der Waals surface area contributed by atoms with Crippen LogP contribution in [0.1, 0.15) is 23.2 Å². The number of nitrogens with zero attached hydrogens (tertiary/aromatic N) is 5. The lowest BCUT2D eigenvalue weighted by molar-refractivity contribution is -0.138. The van der Waals surface area contributed by atoms with Crippen molar-refractivity contribution in [1.82, 2.24) is 25.1 Å². The largest absolute Gasteiger partial charge is 0.480 e. The molecule has 34 heavy (non-hydrogen) atoms. The molecule has 0 bridgehead atoms. The number of carboxylic acid groups (broad SMARTS) is 1. The number of likely N-dealkylation sites (tertiary alicyclic amines) is 1. The van der Waals surface area contributed by atoms with Crippen LogP contribution in [0, 0.1) is 0 Å². The fraction of sp³-hybridized carbons (Fsp3) is 0.273. The van der Waals surface area contributed by atoms with Gasteiger partial charge in [0.05, 0.1) is 0 Å². The zero-order valence-electron chi connectivity index (χ0n) is 18.0. The van der Waals surface area contributed by atoms with Crippen molar-refractivity contribution >= 4 is 35.4 Å². The number of amides is 2. The Bertz CT molecular complexity index is 1150. The van der Waals surface area contributed by atoms with Crippen LogP contribution in [0.3, 0.4) is 0 Å². The molecule has 0 atom stereocenters. The maximum atomic E-state index is 12.5. The number of carbonyl (C=O) groups is 3. The molecule has 1 aliphatic rings. The van der Waals surface area contributed by atoms with Crippen LogP contribution >= 0.6 is 11.8 Å². The van der Waals surface area contributed by atoms with E-state index >= 15 is 0 Å². The molecule has 0 spiro atoms. The van der Waals surface area contributed by atoms with Crippen molar-refractivity contribution in [2.24, 2.45) is 0 Å². The average Bonchev–Trinajstić information content (AvgIpc) is 3.27. The molecule has 1 saturated heterocycles. The summed E-state index contributed by atoms with van der Waals surface area (Å²) < 4.78 is 6.72. The molecule has 1 aromatic heterocycles. The van der Waals surface area contributed by atoms with Crippen LogP contribution in [0.2, 0.25) is 0 Å². The number of anilines is 1. The molecule has 2 amide bonds. The maximum absolute atomic E-state index is 12.5. The third-order valence-electron chi connectivity index (χ3n) is 5.11. The Morgan fingerprint density at radius 2 is 1.76 bits per heavy atom. The van der Waals surface area contributed by atoms with Crippen LogP contribution in [-0.4, -0.2) is 66.5 Å². The van der Waals surface area contributed by atoms with Crippen LogP contribution < -0.4 is 10.1 Å². The SMILES string of the molecule is O=C(O)Cn1nnnc1SC1CCN(C(=O)Oc2ccc(NC(=O)c3ccccc3)cc2)CC1. The van der Waals surface area contributed by atoms with Gasteiger partial charge in [0.15, 0.2) is 0 Å². The minimum atomic E-state index is -1.02. The molecule has 0 unspecified atom stereocenters. The van der Waals surface area contributed by atoms with Crippen molar-refractivity contribution in [3.8, 4) is 5.75 Å². The highest BCUT2D eigenvalue weighted by Gasteiger charge is 2.26. The standard InChI is InChI=1S/C22H22N6O5S/c29-19(30)14-28-21(24-25-26-28)34-18-10-12-27(13-11-18)22(32)33-17-8-6-16(7-9-17)23-20(31)15-4-2-1-3-5-15/h1-9,18H,10-14H2,(H,23,31)(H,29,30). The van der Waals surface area contributed by atoms with Crippen molar-refractivity contribution < 1.29 is 24.2 Å². The summed E-state index contributed by atoms with van der Waals surface area (Å²) in [4.78, 5) is 37.3. The summed E-state index contributed by atoms with van der Waals surface area (Å²) >= 11 is 1.41. The Hall–Kier alpha value is -3.93. The lowest BCUT2D eigenvalue weighted by Crippen LogP contribution is -2.41. The Labute approximate surface area is 199 Å². The number of aliphatic carboxylic acids is 1. The number of aromatic nitrogens is 4. The van der Waals surface area contributed by atoms with Crippen molar-refractivity contribution in [1.29, 1.82) is 0 Å². The minimum Gasteiger partial charge on any atom is -0.480 e. The van der Waals surface area contributed by atoms with E-state index in [-0.39, 0.29) is 17.7 Å². The monoisotopic (exact) mass is 482 g/mol. The number of thioether (sulfide) groups is 1. The number of hydrogen-bond acceptors (Lipinski definition) is 8. The van der Waals surface area contributed by atoms with Gasteiger partial charge in [0, 0.05) is 29.6 Å². The van der Waals surface area contributed by atoms with Gasteiger partial charge in [0.2, 0.25) is 5.16 Å². The van der Waals surface area contributed by atoms with Crippen LogP contribution in [-0.2, 0) is 11.3 Å². The minimum absolute atomic E-state index is 0.162. The number of piperidine rings is 1. The second kappa shape index (κ2) is 10.8. The average molecular weight is 483 g/mol. The first kappa shape index (κ1) is 23.2. The summed E-state index contributed by atoms with van der Waals surface area (Å²) in [7, 11) is 0. The zero-order valence-corrected chi connectivity index (χ0v) is 18.9. The topological polar surface area (TPSA) is 140 Å². The Morgan fingerprint density at radius 1 is 1.06 bits per heavy atom. The fourth-order valence-electron chi connectivity index (χ4n) is 3.38. The summed E-state index contributed by atoms with van der Waals surface area (Å²) in [6, 6.07) is 15.5. The quantitative estimate of drug-likeness (QED) is 0.520. The van der Waals surface area contributed by atoms with Crippen LogP contribution in [0.4, 0.5) is 10.5 Å². The Kier molecular flexibility index (Phi) is 7.38. The van der Waals surface area contributed by atoms with Gasteiger partial charge in [-0.15, -0.1) is 5.10 Å². The van der Waals surface area contributed by atoms with E-state index in [1.807, 2.05) is 6.07 Å². The third kappa shape index (κ3) is 6.10. The first-order valence-corrected chi connectivity index (χ1v) is 11.4. The van der Waals surface area contributed by atoms with E-state index in [1.54, 1.807) is 53.4 Å². The first-order valence-electron chi connectivity index (χ1n) is 10.6. The molecule has 0 aliphatic carbocycles. The van der Waals surface area contributed by atoms with E-state index in [2.05, 4.69) is 20.8 Å². The number of tetrazole rings is 1. The van der Waals surface area contributed by atoms with Crippen molar-refractivity contribution in [3.05, 3.63) is 60.2 Å². The molecular formula is C22H22N6O5S. The predicted molar refractivity (Wildman–Crippen MR) is 123 cm³/mol. The highest BCUT2D eigenvalue weighted by Crippen LogP contribution is 2.29. The molecular weight excluding hydrogens is 460 g/mol. The second-order valence-corrected chi connectivity index (χ2v) is 8.80. The summed E-state index contributed by atoms with van der Waals surface area (Å²) in [6.45, 7) is 0.708. The second-order valence-electron chi connectivity index (χ2n) is 7.53. The van der Waals surface area contributed by atoms with Crippen molar-refractivity contribution in [3.63, 3.8) is 0 Å². The highest BCUT2D eigenvalue weighted by atomic mass is 32.2. The summed E-state index contributed by atoms with van der Waals surface area (Å²) in [6.07, 6.45) is 0.953. The lowest BCUT2D eigenvalue weighted by atomic mass is 10.1. The smallest absolute Gasteiger partial charge is 0.415 e. The Balaban J connectivity index is 1.24. The van der Waals surface area contributed by atoms with Gasteiger partial charge in [-0.2, -0.15) is 0 Å². The lowest BCUT2D eigenvalue weighted by Gasteiger charge is -2.30. The molecule has 176 valence electrons. The number of rotatable bonds is 7. The fourth-order valence-corrected chi connectivity index (χ4v) is 4.43. The van der Waals surface area contributed by atoms with Gasteiger partial charge in [-0.25, -0.2) is 9.48 Å². The molecule has 3 aromatic rings. The third-order valence-corrected chi connectivity index (χ3v) is 6.42. The molecule has 2 heterocycles. The number of carboxylic acids is 1. The van der Waals surface area contributed by atoms with E-state index in [4.69, 9.17) is 9.84 Å². The molecule has 1 fully saturated rings. The van der Waals surface area contributed by atoms with E-state index in [1.165, 1.54) is 16.4 Å². The molecule has 2 aromatic carbocycles. The molecule has 11 nitrogen and oxygen atoms in total. The van der Waals surface area contributed by atoms with E-state index in [9.17, 15) is 14.4 Å². The molecule has 2 N–H and O–H groups in total. The van der Waals surface area contributed by atoms with Gasteiger partial charge in [-0.1, -0.05) is 30.0 Å². The molecule has 0 radical (unpaired) electrons. The van der Waals surface area contributed by atoms with Gasteiger partial charge >= 0.3 is 12.1 Å². The van der Waals surface area contributed by atoms with Gasteiger partial charge < -0.3 is 20.1 Å². The molecule has 4 rings (SSSR count).